The summed E-state index contributed by atoms with van der Waals surface area (Å²) >= 11 is 0. The average molecular weight is 299 g/mol. The lowest BCUT2D eigenvalue weighted by molar-refractivity contribution is -0.150. The fourth-order valence-electron chi connectivity index (χ4n) is 3.45. The van der Waals surface area contributed by atoms with Crippen molar-refractivity contribution in [2.45, 2.75) is 63.5 Å². The molecule has 0 aromatic heterocycles. The summed E-state index contributed by atoms with van der Waals surface area (Å²) in [6, 6.07) is 0. The Morgan fingerprint density at radius 2 is 1.70 bits per heavy atom. The Kier molecular flexibility index (Phi) is 5.53. The maximum atomic E-state index is 13.0. The van der Waals surface area contributed by atoms with Crippen LogP contribution < -0.4 is 0 Å². The van der Waals surface area contributed by atoms with Gasteiger partial charge in [0, 0.05) is 23.7 Å². The van der Waals surface area contributed by atoms with E-state index in [1.54, 1.807) is 0 Å². The highest BCUT2D eigenvalue weighted by Gasteiger charge is 2.59. The lowest BCUT2D eigenvalue weighted by Crippen LogP contribution is -2.55. The second-order valence-corrected chi connectivity index (χ2v) is 8.68. The highest BCUT2D eigenvalue weighted by Crippen LogP contribution is 2.36. The summed E-state index contributed by atoms with van der Waals surface area (Å²) in [7, 11) is -0.118. The van der Waals surface area contributed by atoms with Crippen LogP contribution in [0.2, 0.25) is 0 Å². The van der Waals surface area contributed by atoms with Crippen molar-refractivity contribution < 1.29 is 14.3 Å². The lowest BCUT2D eigenvalue weighted by atomic mass is 9.82. The van der Waals surface area contributed by atoms with Crippen molar-refractivity contribution in [3.05, 3.63) is 0 Å². The number of Topliss-reactive ketones (excluding diaryl/α,β-unsaturated/α-hetero) is 1. The lowest BCUT2D eigenvalue weighted by Gasteiger charge is -2.29. The molecule has 4 heteroatoms. The molecule has 1 saturated heterocycles. The number of ether oxygens (including phenoxy) is 1. The number of rotatable bonds is 5. The molecule has 2 aliphatic rings. The van der Waals surface area contributed by atoms with Gasteiger partial charge in [-0.2, -0.15) is 0 Å². The van der Waals surface area contributed by atoms with Gasteiger partial charge in [0.15, 0.2) is 0 Å². The van der Waals surface area contributed by atoms with Crippen molar-refractivity contribution in [2.75, 3.05) is 18.1 Å². The van der Waals surface area contributed by atoms with E-state index in [-0.39, 0.29) is 28.6 Å². The first-order valence-corrected chi connectivity index (χ1v) is 9.56. The van der Waals surface area contributed by atoms with Gasteiger partial charge < -0.3 is 4.74 Å². The molecular formula is C16H27O3S+. The fourth-order valence-corrected chi connectivity index (χ4v) is 6.32. The molecule has 1 aliphatic carbocycles. The molecule has 2 rings (SSSR count). The zero-order valence-corrected chi connectivity index (χ0v) is 13.6. The van der Waals surface area contributed by atoms with Gasteiger partial charge in [0.05, 0.1) is 6.61 Å². The zero-order valence-electron chi connectivity index (χ0n) is 12.8. The minimum absolute atomic E-state index is 0.0891. The molecule has 3 nitrogen and oxygen atoms in total. The van der Waals surface area contributed by atoms with Gasteiger partial charge in [-0.3, -0.25) is 4.79 Å². The van der Waals surface area contributed by atoms with E-state index in [4.69, 9.17) is 4.74 Å². The normalized spacial score (nSPS) is 24.3. The molecule has 1 saturated carbocycles. The van der Waals surface area contributed by atoms with Gasteiger partial charge >= 0.3 is 5.97 Å². The van der Waals surface area contributed by atoms with Crippen molar-refractivity contribution in [3.8, 4) is 0 Å². The molecule has 0 bridgehead atoms. The van der Waals surface area contributed by atoms with Gasteiger partial charge in [-0.25, -0.2) is 4.79 Å². The molecule has 0 aromatic rings. The Morgan fingerprint density at radius 1 is 1.10 bits per heavy atom. The third-order valence-electron chi connectivity index (χ3n) is 4.72. The number of carbonyl (C=O) groups is 2. The maximum absolute atomic E-state index is 13.0. The van der Waals surface area contributed by atoms with Gasteiger partial charge in [0.1, 0.15) is 11.5 Å². The first-order valence-electron chi connectivity index (χ1n) is 7.99. The monoisotopic (exact) mass is 299 g/mol. The second-order valence-electron chi connectivity index (χ2n) is 6.06. The van der Waals surface area contributed by atoms with E-state index in [2.05, 4.69) is 0 Å². The van der Waals surface area contributed by atoms with E-state index in [0.717, 1.165) is 50.0 Å². The van der Waals surface area contributed by atoms with E-state index in [1.807, 2.05) is 13.8 Å². The molecule has 0 radical (unpaired) electrons. The van der Waals surface area contributed by atoms with Crippen LogP contribution in [0.5, 0.6) is 0 Å². The van der Waals surface area contributed by atoms with Crippen LogP contribution in [0.3, 0.4) is 0 Å². The van der Waals surface area contributed by atoms with Gasteiger partial charge in [-0.1, -0.05) is 19.3 Å². The molecule has 114 valence electrons. The molecule has 1 atom stereocenters. The third-order valence-corrected chi connectivity index (χ3v) is 7.81. The molecular weight excluding hydrogens is 272 g/mol. The SMILES string of the molecule is CCOC(=O)C(C)(C(=O)C1CCCCC1)[S+]1CCCC1. The number of ketones is 1. The van der Waals surface area contributed by atoms with E-state index >= 15 is 0 Å². The van der Waals surface area contributed by atoms with Crippen molar-refractivity contribution in [1.82, 2.24) is 0 Å². The van der Waals surface area contributed by atoms with E-state index in [9.17, 15) is 9.59 Å². The number of carbonyl (C=O) groups excluding carboxylic acids is 2. The predicted octanol–water partition coefficient (Wildman–Crippen LogP) is 2.87. The minimum atomic E-state index is -0.867. The Morgan fingerprint density at radius 3 is 2.25 bits per heavy atom. The van der Waals surface area contributed by atoms with Crippen LogP contribution in [-0.2, 0) is 25.2 Å². The molecule has 1 heterocycles. The number of esters is 1. The first kappa shape index (κ1) is 15.9. The van der Waals surface area contributed by atoms with E-state index in [1.165, 1.54) is 6.42 Å². The van der Waals surface area contributed by atoms with E-state index in [0.29, 0.717) is 6.61 Å². The highest BCUT2D eigenvalue weighted by atomic mass is 32.2. The van der Waals surface area contributed by atoms with Crippen molar-refractivity contribution in [2.24, 2.45) is 5.92 Å². The van der Waals surface area contributed by atoms with Crippen molar-refractivity contribution in [3.63, 3.8) is 0 Å². The summed E-state index contributed by atoms with van der Waals surface area (Å²) in [5.41, 5.74) is 0. The zero-order chi connectivity index (χ0) is 14.6. The quantitative estimate of drug-likeness (QED) is 0.445. The minimum Gasteiger partial charge on any atom is -0.462 e. The summed E-state index contributed by atoms with van der Waals surface area (Å²) in [5.74, 6) is 2.05. The Balaban J connectivity index is 2.19. The summed E-state index contributed by atoms with van der Waals surface area (Å²) in [5, 5.41) is 0. The first-order chi connectivity index (χ1) is 9.60. The van der Waals surface area contributed by atoms with Crippen LogP contribution in [0.4, 0.5) is 0 Å². The van der Waals surface area contributed by atoms with E-state index < -0.39 is 4.75 Å². The molecule has 0 spiro atoms. The van der Waals surface area contributed by atoms with Gasteiger partial charge in [-0.05, 0) is 32.6 Å². The summed E-state index contributed by atoms with van der Waals surface area (Å²) in [6.45, 7) is 4.06. The van der Waals surface area contributed by atoms with Crippen LogP contribution in [-0.4, -0.2) is 34.6 Å². The molecule has 20 heavy (non-hydrogen) atoms. The van der Waals surface area contributed by atoms with Crippen molar-refractivity contribution in [1.29, 1.82) is 0 Å². The predicted molar refractivity (Wildman–Crippen MR) is 83.0 cm³/mol. The Labute approximate surface area is 125 Å². The largest absolute Gasteiger partial charge is 0.462 e. The highest BCUT2D eigenvalue weighted by molar-refractivity contribution is 7.99. The molecule has 0 aromatic carbocycles. The summed E-state index contributed by atoms with van der Waals surface area (Å²) in [4.78, 5) is 25.5. The maximum Gasteiger partial charge on any atom is 0.370 e. The van der Waals surface area contributed by atoms with Crippen LogP contribution in [0, 0.1) is 5.92 Å². The Hall–Kier alpha value is -0.510. The fraction of sp³-hybridized carbons (Fsp3) is 0.875. The standard InChI is InChI=1S/C16H27O3S/c1-3-19-15(18)16(2,20-11-7-8-12-20)14(17)13-9-5-4-6-10-13/h13H,3-12H2,1-2H3/q+1. The van der Waals surface area contributed by atoms with Gasteiger partial charge in [-0.15, -0.1) is 0 Å². The molecule has 0 amide bonds. The van der Waals surface area contributed by atoms with Gasteiger partial charge in [0.25, 0.3) is 4.75 Å². The van der Waals surface area contributed by atoms with Crippen LogP contribution in [0.1, 0.15) is 58.8 Å². The van der Waals surface area contributed by atoms with Crippen molar-refractivity contribution >= 4 is 22.6 Å². The molecule has 0 N–H and O–H groups in total. The third kappa shape index (κ3) is 3.05. The van der Waals surface area contributed by atoms with Crippen LogP contribution in [0.15, 0.2) is 0 Å². The Bertz CT molecular complexity index is 357. The van der Waals surface area contributed by atoms with Crippen LogP contribution >= 0.6 is 0 Å². The molecule has 2 fully saturated rings. The average Bonchev–Trinajstić information content (AvgIpc) is 3.01. The number of hydrogen-bond donors (Lipinski definition) is 0. The molecule has 1 aliphatic heterocycles. The smallest absolute Gasteiger partial charge is 0.370 e. The summed E-state index contributed by atoms with van der Waals surface area (Å²) < 4.78 is 4.41. The topological polar surface area (TPSA) is 43.4 Å². The van der Waals surface area contributed by atoms with Gasteiger partial charge in [0.2, 0.25) is 5.78 Å². The second kappa shape index (κ2) is 6.97. The summed E-state index contributed by atoms with van der Waals surface area (Å²) in [6.07, 6.45) is 7.71. The number of hydrogen-bond acceptors (Lipinski definition) is 3. The van der Waals surface area contributed by atoms with Crippen LogP contribution in [0.25, 0.3) is 0 Å². The molecule has 1 unspecified atom stereocenters.